The lowest BCUT2D eigenvalue weighted by Gasteiger charge is -2.38. The first kappa shape index (κ1) is 17.6. The molecule has 4 nitrogen and oxygen atoms in total. The van der Waals surface area contributed by atoms with Crippen LogP contribution in [0.5, 0.6) is 0 Å². The third-order valence-corrected chi connectivity index (χ3v) is 6.51. The van der Waals surface area contributed by atoms with Crippen LogP contribution in [0.4, 0.5) is 5.69 Å². The lowest BCUT2D eigenvalue weighted by Crippen LogP contribution is -2.51. The molecule has 0 radical (unpaired) electrons. The first-order chi connectivity index (χ1) is 13.6. The second-order valence-electron chi connectivity index (χ2n) is 8.01. The van der Waals surface area contributed by atoms with Crippen LogP contribution in [0.2, 0.25) is 5.02 Å². The summed E-state index contributed by atoms with van der Waals surface area (Å²) in [6.07, 6.45) is 1.89. The molecule has 0 bridgehead atoms. The van der Waals surface area contributed by atoms with Gasteiger partial charge in [-0.2, -0.15) is 0 Å². The Hall–Kier alpha value is -2.46. The Morgan fingerprint density at radius 2 is 1.79 bits per heavy atom. The van der Waals surface area contributed by atoms with Gasteiger partial charge in [-0.3, -0.25) is 4.79 Å². The highest BCUT2D eigenvalue weighted by atomic mass is 35.5. The molecule has 5 rings (SSSR count). The number of anilines is 1. The summed E-state index contributed by atoms with van der Waals surface area (Å²) in [6.45, 7) is 5.30. The van der Waals surface area contributed by atoms with Crippen molar-refractivity contribution in [2.24, 2.45) is 0 Å². The maximum absolute atomic E-state index is 13.5. The van der Waals surface area contributed by atoms with Crippen LogP contribution in [0.3, 0.4) is 0 Å². The number of aryl methyl sites for hydroxylation is 1. The molecule has 2 heterocycles. The van der Waals surface area contributed by atoms with Gasteiger partial charge < -0.3 is 14.8 Å². The van der Waals surface area contributed by atoms with E-state index in [1.807, 2.05) is 24.3 Å². The molecule has 2 aromatic carbocycles. The number of hydrogen-bond donors (Lipinski definition) is 1. The van der Waals surface area contributed by atoms with E-state index in [2.05, 4.69) is 46.0 Å². The molecule has 1 saturated carbocycles. The number of aromatic nitrogens is 1. The lowest BCUT2D eigenvalue weighted by atomic mass is 9.91. The van der Waals surface area contributed by atoms with E-state index in [4.69, 9.17) is 11.6 Å². The number of H-pyrrole nitrogens is 1. The van der Waals surface area contributed by atoms with Gasteiger partial charge in [-0.15, -0.1) is 0 Å². The average Bonchev–Trinajstić information content (AvgIpc) is 3.43. The topological polar surface area (TPSA) is 39.3 Å². The second kappa shape index (κ2) is 6.56. The van der Waals surface area contributed by atoms with E-state index >= 15 is 0 Å². The molecule has 28 heavy (non-hydrogen) atoms. The summed E-state index contributed by atoms with van der Waals surface area (Å²) in [6, 6.07) is 16.3. The molecule has 144 valence electrons. The number of halogens is 1. The Balaban J connectivity index is 1.36. The Kier molecular flexibility index (Phi) is 4.13. The van der Waals surface area contributed by atoms with Gasteiger partial charge in [-0.05, 0) is 49.6 Å². The summed E-state index contributed by atoms with van der Waals surface area (Å²) in [7, 11) is 0. The highest BCUT2D eigenvalue weighted by molar-refractivity contribution is 6.30. The predicted octanol–water partition coefficient (Wildman–Crippen LogP) is 4.51. The molecule has 1 aromatic heterocycles. The van der Waals surface area contributed by atoms with Crippen molar-refractivity contribution < 1.29 is 4.79 Å². The fourth-order valence-electron chi connectivity index (χ4n) is 4.73. The van der Waals surface area contributed by atoms with Gasteiger partial charge >= 0.3 is 0 Å². The number of rotatable bonds is 3. The highest BCUT2D eigenvalue weighted by Gasteiger charge is 2.55. The van der Waals surface area contributed by atoms with E-state index in [0.29, 0.717) is 5.91 Å². The first-order valence-corrected chi connectivity index (χ1v) is 10.3. The van der Waals surface area contributed by atoms with Gasteiger partial charge in [-0.25, -0.2) is 0 Å². The van der Waals surface area contributed by atoms with Crippen LogP contribution in [-0.4, -0.2) is 42.0 Å². The number of nitrogens with zero attached hydrogens (tertiary/aromatic N) is 2. The van der Waals surface area contributed by atoms with Crippen molar-refractivity contribution in [3.63, 3.8) is 0 Å². The average molecular weight is 394 g/mol. The smallest absolute Gasteiger partial charge is 0.233 e. The minimum atomic E-state index is -0.331. The van der Waals surface area contributed by atoms with E-state index in [1.165, 1.54) is 10.9 Å². The quantitative estimate of drug-likeness (QED) is 0.711. The number of benzene rings is 2. The number of carbonyl (C=O) groups excluding carboxylic acids is 1. The monoisotopic (exact) mass is 393 g/mol. The predicted molar refractivity (Wildman–Crippen MR) is 114 cm³/mol. The molecule has 1 N–H and O–H groups in total. The van der Waals surface area contributed by atoms with Crippen LogP contribution in [-0.2, 0) is 10.2 Å². The molecular formula is C23H24ClN3O. The summed E-state index contributed by atoms with van der Waals surface area (Å²) in [5.74, 6) is 0.297. The molecule has 0 atom stereocenters. The Morgan fingerprint density at radius 1 is 1.04 bits per heavy atom. The number of hydrogen-bond acceptors (Lipinski definition) is 2. The van der Waals surface area contributed by atoms with Gasteiger partial charge in [0.15, 0.2) is 0 Å². The van der Waals surface area contributed by atoms with E-state index < -0.39 is 0 Å². The zero-order valence-corrected chi connectivity index (χ0v) is 16.8. The van der Waals surface area contributed by atoms with Crippen molar-refractivity contribution in [1.82, 2.24) is 9.88 Å². The van der Waals surface area contributed by atoms with E-state index in [9.17, 15) is 4.79 Å². The van der Waals surface area contributed by atoms with Crippen LogP contribution in [0.1, 0.15) is 24.1 Å². The summed E-state index contributed by atoms with van der Waals surface area (Å²) in [5.41, 5.74) is 4.27. The molecule has 1 saturated heterocycles. The molecule has 1 amide bonds. The first-order valence-electron chi connectivity index (χ1n) is 9.96. The molecule has 0 unspecified atom stereocenters. The van der Waals surface area contributed by atoms with Gasteiger partial charge in [0, 0.05) is 53.5 Å². The maximum atomic E-state index is 13.5. The van der Waals surface area contributed by atoms with Gasteiger partial charge in [0.05, 0.1) is 5.41 Å². The van der Waals surface area contributed by atoms with Crippen LogP contribution in [0, 0.1) is 6.92 Å². The lowest BCUT2D eigenvalue weighted by molar-refractivity contribution is -0.134. The van der Waals surface area contributed by atoms with Crippen molar-refractivity contribution in [2.45, 2.75) is 25.2 Å². The minimum absolute atomic E-state index is 0.297. The molecule has 0 spiro atoms. The van der Waals surface area contributed by atoms with Gasteiger partial charge in [0.2, 0.25) is 5.91 Å². The summed E-state index contributed by atoms with van der Waals surface area (Å²) >= 11 is 6.14. The molecule has 2 aliphatic rings. The van der Waals surface area contributed by atoms with Crippen molar-refractivity contribution >= 4 is 34.1 Å². The third kappa shape index (κ3) is 2.78. The zero-order chi connectivity index (χ0) is 19.3. The summed E-state index contributed by atoms with van der Waals surface area (Å²) < 4.78 is 0. The largest absolute Gasteiger partial charge is 0.368 e. The molecule has 5 heteroatoms. The van der Waals surface area contributed by atoms with Gasteiger partial charge in [0.25, 0.3) is 0 Å². The van der Waals surface area contributed by atoms with Gasteiger partial charge in [-0.1, -0.05) is 35.9 Å². The number of amides is 1. The van der Waals surface area contributed by atoms with Crippen LogP contribution in [0.25, 0.3) is 10.9 Å². The van der Waals surface area contributed by atoms with Crippen LogP contribution < -0.4 is 4.90 Å². The number of para-hydroxylation sites is 1. The second-order valence-corrected chi connectivity index (χ2v) is 8.45. The number of piperazine rings is 1. The SMILES string of the molecule is Cc1[nH]c2ccccc2c1C1(C(=O)N2CCN(c3cccc(Cl)c3)CC2)CC1. The summed E-state index contributed by atoms with van der Waals surface area (Å²) in [5, 5.41) is 1.95. The number of nitrogens with one attached hydrogen (secondary N) is 1. The van der Waals surface area contributed by atoms with Gasteiger partial charge in [0.1, 0.15) is 0 Å². The minimum Gasteiger partial charge on any atom is -0.368 e. The molecular weight excluding hydrogens is 370 g/mol. The standard InChI is InChI=1S/C23H24ClN3O/c1-16-21(19-7-2-3-8-20(19)25-16)23(9-10-23)22(28)27-13-11-26(12-14-27)18-6-4-5-17(24)15-18/h2-8,15,25H,9-14H2,1H3. The zero-order valence-electron chi connectivity index (χ0n) is 16.0. The van der Waals surface area contributed by atoms with E-state index in [0.717, 1.165) is 60.9 Å². The van der Waals surface area contributed by atoms with Crippen LogP contribution in [0.15, 0.2) is 48.5 Å². The Bertz CT molecular complexity index is 1040. The third-order valence-electron chi connectivity index (χ3n) is 6.27. The fraction of sp³-hybridized carbons (Fsp3) is 0.348. The molecule has 2 fully saturated rings. The Labute approximate surface area is 170 Å². The number of aromatic amines is 1. The molecule has 1 aliphatic carbocycles. The number of carbonyl (C=O) groups is 1. The van der Waals surface area contributed by atoms with Crippen LogP contribution >= 0.6 is 11.6 Å². The molecule has 3 aromatic rings. The van der Waals surface area contributed by atoms with Crippen molar-refractivity contribution in [2.75, 3.05) is 31.1 Å². The number of fused-ring (bicyclic) bond motifs is 1. The highest BCUT2D eigenvalue weighted by Crippen LogP contribution is 2.53. The van der Waals surface area contributed by atoms with Crippen molar-refractivity contribution in [3.8, 4) is 0 Å². The summed E-state index contributed by atoms with van der Waals surface area (Å²) in [4.78, 5) is 21.4. The van der Waals surface area contributed by atoms with E-state index in [-0.39, 0.29) is 5.41 Å². The van der Waals surface area contributed by atoms with Crippen molar-refractivity contribution in [3.05, 3.63) is 64.8 Å². The van der Waals surface area contributed by atoms with E-state index in [1.54, 1.807) is 0 Å². The fourth-order valence-corrected chi connectivity index (χ4v) is 4.92. The molecule has 1 aliphatic heterocycles. The Morgan fingerprint density at radius 3 is 2.50 bits per heavy atom. The van der Waals surface area contributed by atoms with Crippen molar-refractivity contribution in [1.29, 1.82) is 0 Å². The normalized spacial score (nSPS) is 18.5. The maximum Gasteiger partial charge on any atom is 0.233 e.